The molecule has 2 aliphatic carbocycles. The largest absolute Gasteiger partial charge is 0.439 e. The van der Waals surface area contributed by atoms with E-state index in [1.807, 2.05) is 5.32 Å². The Balaban J connectivity index is 0.00000259. The zero-order valence-corrected chi connectivity index (χ0v) is 19.0. The zero-order valence-electron chi connectivity index (χ0n) is 18.2. The van der Waals surface area contributed by atoms with E-state index in [-0.39, 0.29) is 25.1 Å². The minimum absolute atomic E-state index is 0. The van der Waals surface area contributed by atoms with E-state index in [0.717, 1.165) is 4.90 Å². The number of urea groups is 1. The van der Waals surface area contributed by atoms with E-state index in [1.165, 1.54) is 32.8 Å². The van der Waals surface area contributed by atoms with Crippen molar-refractivity contribution < 1.29 is 27.1 Å². The second-order valence-corrected chi connectivity index (χ2v) is 9.22. The van der Waals surface area contributed by atoms with Crippen LogP contribution in [0.4, 0.5) is 18.0 Å². The molecule has 3 atom stereocenters. The second kappa shape index (κ2) is 8.96. The van der Waals surface area contributed by atoms with Gasteiger partial charge in [-0.1, -0.05) is 6.07 Å². The number of benzene rings is 1. The molecule has 5 rings (SSSR count). The number of hydrogen-bond acceptors (Lipinski definition) is 5. The molecule has 182 valence electrons. The Hall–Kier alpha value is -2.04. The molecule has 1 saturated heterocycles. The van der Waals surface area contributed by atoms with Crippen molar-refractivity contribution in [2.45, 2.75) is 50.0 Å². The number of hydrogen-bond donors (Lipinski definition) is 2. The quantitative estimate of drug-likeness (QED) is 0.577. The van der Waals surface area contributed by atoms with Gasteiger partial charge < -0.3 is 25.1 Å². The number of halogens is 4. The molecule has 7 nitrogen and oxygen atoms in total. The van der Waals surface area contributed by atoms with Crippen molar-refractivity contribution in [3.05, 3.63) is 29.7 Å². The lowest BCUT2D eigenvalue weighted by atomic mass is 9.90. The molecule has 0 bridgehead atoms. The molecule has 2 aromatic rings. The summed E-state index contributed by atoms with van der Waals surface area (Å²) in [5.41, 5.74) is 8.34. The molecular formula is C22H28ClF3N4O3. The van der Waals surface area contributed by atoms with E-state index in [0.29, 0.717) is 40.3 Å². The van der Waals surface area contributed by atoms with Crippen LogP contribution in [0.25, 0.3) is 11.1 Å². The molecule has 0 unspecified atom stereocenters. The number of nitrogens with two attached hydrogens (primary N) is 1. The molecule has 1 aromatic heterocycles. The van der Waals surface area contributed by atoms with Gasteiger partial charge in [0.1, 0.15) is 11.6 Å². The Morgan fingerprint density at radius 3 is 2.48 bits per heavy atom. The molecule has 2 amide bonds. The summed E-state index contributed by atoms with van der Waals surface area (Å²) in [6.07, 6.45) is 0.301. The van der Waals surface area contributed by atoms with Crippen molar-refractivity contribution in [2.75, 3.05) is 20.3 Å². The number of nitrogens with one attached hydrogen (secondary N) is 1. The highest BCUT2D eigenvalue weighted by Gasteiger charge is 2.49. The first-order valence-electron chi connectivity index (χ1n) is 11.0. The average molecular weight is 489 g/mol. The van der Waals surface area contributed by atoms with Crippen molar-refractivity contribution in [2.24, 2.45) is 23.5 Å². The van der Waals surface area contributed by atoms with Gasteiger partial charge >= 0.3 is 12.2 Å². The molecule has 3 fully saturated rings. The Kier molecular flexibility index (Phi) is 6.54. The van der Waals surface area contributed by atoms with Crippen molar-refractivity contribution >= 4 is 29.5 Å². The summed E-state index contributed by atoms with van der Waals surface area (Å²) in [6.45, 7) is -0.424. The maximum absolute atomic E-state index is 13.1. The first kappa shape index (κ1) is 24.1. The first-order chi connectivity index (χ1) is 15.3. The first-order valence-corrected chi connectivity index (χ1v) is 11.0. The number of aromatic nitrogens is 1. The summed E-state index contributed by atoms with van der Waals surface area (Å²) in [7, 11) is 1.45. The van der Waals surface area contributed by atoms with E-state index in [1.54, 1.807) is 18.2 Å². The standard InChI is InChI=1S/C22H27F3N4O3.ClH/c1-31-10-15(29-9-17(22(23,24)25)28-21(29)30)13-6-7-16-14(8-13)27-20(32-16)19(26)18(11-2-3-11)12-4-5-12;/h6-8,11-12,15,17-19H,2-5,9-10,26H2,1H3,(H,28,30);1H/t15-,17+,19+;/m1./s1. The second-order valence-electron chi connectivity index (χ2n) is 9.22. The van der Waals surface area contributed by atoms with Gasteiger partial charge in [-0.2, -0.15) is 13.2 Å². The van der Waals surface area contributed by atoms with E-state index in [4.69, 9.17) is 14.9 Å². The van der Waals surface area contributed by atoms with Crippen LogP contribution in [0.1, 0.15) is 49.2 Å². The Bertz CT molecular complexity index is 996. The third-order valence-corrected chi connectivity index (χ3v) is 6.88. The van der Waals surface area contributed by atoms with E-state index < -0.39 is 30.8 Å². The molecule has 0 radical (unpaired) electrons. The Morgan fingerprint density at radius 2 is 1.94 bits per heavy atom. The number of carbonyl (C=O) groups excluding carboxylic acids is 1. The zero-order chi connectivity index (χ0) is 22.6. The van der Waals surface area contributed by atoms with Crippen LogP contribution in [0.2, 0.25) is 0 Å². The minimum Gasteiger partial charge on any atom is -0.439 e. The van der Waals surface area contributed by atoms with Crippen LogP contribution in [-0.4, -0.2) is 48.4 Å². The lowest BCUT2D eigenvalue weighted by molar-refractivity contribution is -0.150. The third kappa shape index (κ3) is 4.79. The lowest BCUT2D eigenvalue weighted by Gasteiger charge is -2.27. The summed E-state index contributed by atoms with van der Waals surface area (Å²) in [5.74, 6) is 2.17. The number of rotatable bonds is 8. The molecule has 2 saturated carbocycles. The van der Waals surface area contributed by atoms with Gasteiger partial charge in [-0.25, -0.2) is 9.78 Å². The van der Waals surface area contributed by atoms with Crippen LogP contribution in [0.5, 0.6) is 0 Å². The molecule has 11 heteroatoms. The average Bonchev–Trinajstić information content (AvgIpc) is 3.67. The fraction of sp³-hybridized carbons (Fsp3) is 0.636. The van der Waals surface area contributed by atoms with Crippen molar-refractivity contribution in [3.8, 4) is 0 Å². The summed E-state index contributed by atoms with van der Waals surface area (Å²) in [5, 5.41) is 2.01. The van der Waals surface area contributed by atoms with Gasteiger partial charge in [0.25, 0.3) is 0 Å². The smallest absolute Gasteiger partial charge is 0.410 e. The number of amides is 2. The van der Waals surface area contributed by atoms with Gasteiger partial charge in [0.15, 0.2) is 5.58 Å². The number of alkyl halides is 3. The fourth-order valence-corrected chi connectivity index (χ4v) is 4.95. The summed E-state index contributed by atoms with van der Waals surface area (Å²) in [4.78, 5) is 18.1. The van der Waals surface area contributed by atoms with Crippen LogP contribution < -0.4 is 11.1 Å². The van der Waals surface area contributed by atoms with Gasteiger partial charge in [-0.3, -0.25) is 0 Å². The van der Waals surface area contributed by atoms with Crippen LogP contribution in [0, 0.1) is 17.8 Å². The molecule has 2 heterocycles. The predicted octanol–water partition coefficient (Wildman–Crippen LogP) is 4.33. The third-order valence-electron chi connectivity index (χ3n) is 6.88. The Labute approximate surface area is 195 Å². The highest BCUT2D eigenvalue weighted by Crippen LogP contribution is 2.53. The predicted molar refractivity (Wildman–Crippen MR) is 117 cm³/mol. The van der Waals surface area contributed by atoms with Gasteiger partial charge in [-0.15, -0.1) is 12.4 Å². The van der Waals surface area contributed by atoms with Gasteiger partial charge in [0.05, 0.1) is 25.2 Å². The van der Waals surface area contributed by atoms with E-state index in [2.05, 4.69) is 4.98 Å². The van der Waals surface area contributed by atoms with Gasteiger partial charge in [0.2, 0.25) is 5.89 Å². The molecule has 33 heavy (non-hydrogen) atoms. The number of oxazole rings is 1. The number of methoxy groups -OCH3 is 1. The van der Waals surface area contributed by atoms with Crippen LogP contribution >= 0.6 is 12.4 Å². The van der Waals surface area contributed by atoms with E-state index >= 15 is 0 Å². The topological polar surface area (TPSA) is 93.6 Å². The molecule has 1 aliphatic heterocycles. The molecule has 0 spiro atoms. The highest BCUT2D eigenvalue weighted by atomic mass is 35.5. The lowest BCUT2D eigenvalue weighted by Crippen LogP contribution is -2.40. The SMILES string of the molecule is COC[C@H](c1ccc2oc([C@@H](N)C(C3CC3)C3CC3)nc2c1)N1C[C@@H](C(F)(F)F)NC1=O.Cl. The normalized spacial score (nSPS) is 23.0. The monoisotopic (exact) mass is 488 g/mol. The van der Waals surface area contributed by atoms with Gasteiger partial charge in [-0.05, 0) is 61.1 Å². The maximum Gasteiger partial charge on any atom is 0.410 e. The summed E-state index contributed by atoms with van der Waals surface area (Å²) < 4.78 is 50.6. The number of ether oxygens (including phenoxy) is 1. The minimum atomic E-state index is -4.51. The van der Waals surface area contributed by atoms with Crippen molar-refractivity contribution in [1.82, 2.24) is 15.2 Å². The molecular weight excluding hydrogens is 461 g/mol. The maximum atomic E-state index is 13.1. The van der Waals surface area contributed by atoms with Crippen LogP contribution in [0.15, 0.2) is 22.6 Å². The van der Waals surface area contributed by atoms with E-state index in [9.17, 15) is 18.0 Å². The van der Waals surface area contributed by atoms with Crippen LogP contribution in [-0.2, 0) is 4.74 Å². The van der Waals surface area contributed by atoms with Crippen molar-refractivity contribution in [3.63, 3.8) is 0 Å². The fourth-order valence-electron chi connectivity index (χ4n) is 4.95. The highest BCUT2D eigenvalue weighted by molar-refractivity contribution is 5.85. The van der Waals surface area contributed by atoms with Crippen LogP contribution in [0.3, 0.4) is 0 Å². The summed E-state index contributed by atoms with van der Waals surface area (Å²) >= 11 is 0. The Morgan fingerprint density at radius 1 is 1.27 bits per heavy atom. The molecule has 3 aliphatic rings. The van der Waals surface area contributed by atoms with Crippen molar-refractivity contribution in [1.29, 1.82) is 0 Å². The molecule has 3 N–H and O–H groups in total. The van der Waals surface area contributed by atoms with Gasteiger partial charge in [0, 0.05) is 7.11 Å². The number of nitrogens with zero attached hydrogens (tertiary/aromatic N) is 2. The number of carbonyl (C=O) groups is 1. The number of fused-ring (bicyclic) bond motifs is 1. The summed E-state index contributed by atoms with van der Waals surface area (Å²) in [6, 6.07) is 1.59. The molecule has 1 aromatic carbocycles.